The van der Waals surface area contributed by atoms with E-state index in [2.05, 4.69) is 5.32 Å². The summed E-state index contributed by atoms with van der Waals surface area (Å²) in [5, 5.41) is 4.63. The molecule has 2 amide bonds. The quantitative estimate of drug-likeness (QED) is 0.277. The molecular formula is C33H36FN3O4S. The minimum Gasteiger partial charge on any atom is -0.350 e. The molecule has 0 heterocycles. The Morgan fingerprint density at radius 2 is 1.45 bits per heavy atom. The molecule has 0 saturated carbocycles. The van der Waals surface area contributed by atoms with Crippen LogP contribution >= 0.6 is 0 Å². The molecule has 0 aliphatic carbocycles. The van der Waals surface area contributed by atoms with Crippen molar-refractivity contribution < 1.29 is 22.4 Å². The summed E-state index contributed by atoms with van der Waals surface area (Å²) >= 11 is 0. The van der Waals surface area contributed by atoms with Crippen molar-refractivity contribution in [1.82, 2.24) is 14.5 Å². The van der Waals surface area contributed by atoms with Crippen molar-refractivity contribution in [1.29, 1.82) is 0 Å². The second-order valence-electron chi connectivity index (χ2n) is 11.4. The highest BCUT2D eigenvalue weighted by atomic mass is 32.2. The van der Waals surface area contributed by atoms with Gasteiger partial charge in [0.05, 0.1) is 11.4 Å². The average molecular weight is 590 g/mol. The van der Waals surface area contributed by atoms with Crippen molar-refractivity contribution in [2.24, 2.45) is 0 Å². The fourth-order valence-electron chi connectivity index (χ4n) is 4.67. The summed E-state index contributed by atoms with van der Waals surface area (Å²) in [6.45, 7) is 5.03. The summed E-state index contributed by atoms with van der Waals surface area (Å²) in [5.74, 6) is -1.36. The smallest absolute Gasteiger partial charge is 0.243 e. The highest BCUT2D eigenvalue weighted by molar-refractivity contribution is 7.89. The number of nitrogens with zero attached hydrogens (tertiary/aromatic N) is 2. The Morgan fingerprint density at radius 1 is 0.833 bits per heavy atom. The molecule has 0 spiro atoms. The summed E-state index contributed by atoms with van der Waals surface area (Å²) in [4.78, 5) is 29.1. The van der Waals surface area contributed by atoms with Gasteiger partial charge in [0.2, 0.25) is 21.8 Å². The van der Waals surface area contributed by atoms with Gasteiger partial charge in [-0.2, -0.15) is 4.31 Å². The number of hydrogen-bond acceptors (Lipinski definition) is 4. The number of rotatable bonds is 10. The molecule has 7 nitrogen and oxygen atoms in total. The molecular weight excluding hydrogens is 553 g/mol. The van der Waals surface area contributed by atoms with E-state index in [1.807, 2.05) is 75.4 Å². The largest absolute Gasteiger partial charge is 0.350 e. The van der Waals surface area contributed by atoms with E-state index in [-0.39, 0.29) is 23.8 Å². The number of benzene rings is 4. The second kappa shape index (κ2) is 12.8. The zero-order valence-corrected chi connectivity index (χ0v) is 25.1. The molecule has 1 unspecified atom stereocenters. The molecule has 4 rings (SSSR count). The van der Waals surface area contributed by atoms with Gasteiger partial charge in [-0.1, -0.05) is 72.8 Å². The number of likely N-dealkylation sites (N-methyl/N-ethyl adjacent to an activating group) is 1. The lowest BCUT2D eigenvalue weighted by Crippen LogP contribution is -2.56. The summed E-state index contributed by atoms with van der Waals surface area (Å²) in [7, 11) is -2.69. The maximum atomic E-state index is 14.0. The van der Waals surface area contributed by atoms with Crippen molar-refractivity contribution >= 4 is 32.6 Å². The molecule has 42 heavy (non-hydrogen) atoms. The van der Waals surface area contributed by atoms with Gasteiger partial charge in [0.1, 0.15) is 11.9 Å². The molecule has 0 aromatic heterocycles. The van der Waals surface area contributed by atoms with Crippen LogP contribution in [0.15, 0.2) is 102 Å². The van der Waals surface area contributed by atoms with Crippen LogP contribution in [0.3, 0.4) is 0 Å². The SMILES string of the molecule is CN(CC(=O)N(Cc1ccc(F)cc1)C(Cc1ccccc1)C(=O)NC(C)(C)C)S(=O)(=O)c1ccc2ccccc2c1. The van der Waals surface area contributed by atoms with Crippen LogP contribution in [0.2, 0.25) is 0 Å². The summed E-state index contributed by atoms with van der Waals surface area (Å²) in [5.41, 5.74) is 0.860. The van der Waals surface area contributed by atoms with Gasteiger partial charge in [-0.05, 0) is 66.9 Å². The summed E-state index contributed by atoms with van der Waals surface area (Å²) < 4.78 is 41.8. The predicted octanol–water partition coefficient (Wildman–Crippen LogP) is 5.15. The van der Waals surface area contributed by atoms with Crippen molar-refractivity contribution in [3.05, 3.63) is 114 Å². The lowest BCUT2D eigenvalue weighted by molar-refractivity contribution is -0.141. The monoisotopic (exact) mass is 589 g/mol. The number of fused-ring (bicyclic) bond motifs is 1. The molecule has 0 aliphatic heterocycles. The van der Waals surface area contributed by atoms with Gasteiger partial charge in [0.15, 0.2) is 0 Å². The Morgan fingerprint density at radius 3 is 2.10 bits per heavy atom. The second-order valence-corrected chi connectivity index (χ2v) is 13.4. The standard InChI is InChI=1S/C33H36FN3O4S/c1-33(2,3)35-32(39)30(20-24-10-6-5-7-11-24)37(22-25-14-17-28(34)18-15-25)31(38)23-36(4)42(40,41)29-19-16-26-12-8-9-13-27(26)21-29/h5-19,21,30H,20,22-23H2,1-4H3,(H,35,39). The molecule has 1 atom stereocenters. The van der Waals surface area contributed by atoms with Gasteiger partial charge in [-0.25, -0.2) is 12.8 Å². The molecule has 220 valence electrons. The highest BCUT2D eigenvalue weighted by Crippen LogP contribution is 2.22. The lowest BCUT2D eigenvalue weighted by Gasteiger charge is -2.34. The number of hydrogen-bond donors (Lipinski definition) is 1. The molecule has 0 aliphatic rings. The molecule has 0 fully saturated rings. The molecule has 1 N–H and O–H groups in total. The van der Waals surface area contributed by atoms with E-state index in [4.69, 9.17) is 0 Å². The van der Waals surface area contributed by atoms with Crippen LogP contribution in [-0.2, 0) is 32.6 Å². The van der Waals surface area contributed by atoms with Crippen LogP contribution in [0.25, 0.3) is 10.8 Å². The first-order chi connectivity index (χ1) is 19.8. The Kier molecular flexibility index (Phi) is 9.43. The van der Waals surface area contributed by atoms with Gasteiger partial charge in [0.25, 0.3) is 0 Å². The lowest BCUT2D eigenvalue weighted by atomic mass is 10.0. The Labute approximate surface area is 247 Å². The molecule has 0 radical (unpaired) electrons. The minimum absolute atomic E-state index is 0.0158. The van der Waals surface area contributed by atoms with Crippen molar-refractivity contribution in [2.75, 3.05) is 13.6 Å². The van der Waals surface area contributed by atoms with E-state index < -0.39 is 39.9 Å². The van der Waals surface area contributed by atoms with Crippen LogP contribution in [0, 0.1) is 5.82 Å². The van der Waals surface area contributed by atoms with Gasteiger partial charge in [0, 0.05) is 25.6 Å². The topological polar surface area (TPSA) is 86.8 Å². The first kappa shape index (κ1) is 30.9. The Bertz CT molecular complexity index is 1650. The van der Waals surface area contributed by atoms with Crippen molar-refractivity contribution in [3.8, 4) is 0 Å². The zero-order chi connectivity index (χ0) is 30.5. The molecule has 4 aromatic rings. The Balaban J connectivity index is 1.68. The van der Waals surface area contributed by atoms with Crippen LogP contribution in [0.5, 0.6) is 0 Å². The molecule has 9 heteroatoms. The normalized spacial score (nSPS) is 12.7. The maximum absolute atomic E-state index is 14.0. The fraction of sp³-hybridized carbons (Fsp3) is 0.273. The van der Waals surface area contributed by atoms with Crippen LogP contribution in [0.4, 0.5) is 4.39 Å². The fourth-order valence-corrected chi connectivity index (χ4v) is 5.82. The Hall–Kier alpha value is -4.08. The van der Waals surface area contributed by atoms with E-state index in [0.29, 0.717) is 5.56 Å². The van der Waals surface area contributed by atoms with Crippen molar-refractivity contribution in [3.63, 3.8) is 0 Å². The van der Waals surface area contributed by atoms with Crippen molar-refractivity contribution in [2.45, 2.75) is 50.2 Å². The van der Waals surface area contributed by atoms with Gasteiger partial charge in [-0.3, -0.25) is 9.59 Å². The number of carbonyl (C=O) groups is 2. The number of nitrogens with one attached hydrogen (secondary N) is 1. The van der Waals surface area contributed by atoms with Gasteiger partial charge in [-0.15, -0.1) is 0 Å². The van der Waals surface area contributed by atoms with Gasteiger partial charge >= 0.3 is 0 Å². The third-order valence-electron chi connectivity index (χ3n) is 6.82. The first-order valence-electron chi connectivity index (χ1n) is 13.7. The molecule has 4 aromatic carbocycles. The van der Waals surface area contributed by atoms with Crippen LogP contribution < -0.4 is 5.32 Å². The zero-order valence-electron chi connectivity index (χ0n) is 24.2. The maximum Gasteiger partial charge on any atom is 0.243 e. The van der Waals surface area contributed by atoms with Crippen LogP contribution in [-0.4, -0.2) is 54.6 Å². The first-order valence-corrected chi connectivity index (χ1v) is 15.1. The third-order valence-corrected chi connectivity index (χ3v) is 8.62. The van der Waals surface area contributed by atoms with E-state index in [9.17, 15) is 22.4 Å². The summed E-state index contributed by atoms with van der Waals surface area (Å²) in [6.07, 6.45) is 0.205. The highest BCUT2D eigenvalue weighted by Gasteiger charge is 2.34. The summed E-state index contributed by atoms with van der Waals surface area (Å²) in [6, 6.07) is 26.3. The number of carbonyl (C=O) groups excluding carboxylic acids is 2. The number of sulfonamides is 1. The van der Waals surface area contributed by atoms with E-state index >= 15 is 0 Å². The molecule has 0 saturated heterocycles. The number of amides is 2. The minimum atomic E-state index is -4.04. The third kappa shape index (κ3) is 7.80. The number of halogens is 1. The predicted molar refractivity (Wildman–Crippen MR) is 163 cm³/mol. The van der Waals surface area contributed by atoms with Crippen LogP contribution in [0.1, 0.15) is 31.9 Å². The van der Waals surface area contributed by atoms with E-state index in [1.165, 1.54) is 30.1 Å². The van der Waals surface area contributed by atoms with E-state index in [1.54, 1.807) is 24.3 Å². The van der Waals surface area contributed by atoms with E-state index in [0.717, 1.165) is 20.6 Å². The van der Waals surface area contributed by atoms with Gasteiger partial charge < -0.3 is 10.2 Å². The molecule has 0 bridgehead atoms. The average Bonchev–Trinajstić information content (AvgIpc) is 2.95.